The molecule has 0 aromatic carbocycles. The first-order valence-electron chi connectivity index (χ1n) is 6.76. The standard InChI is InChI=1S/C13H26N2O/c1-11-5-3-4-8-15(11)12-6-7-13(9-12,10-16)14-2/h11-12,14,16H,3-10H2,1-2H3. The normalized spacial score (nSPS) is 41.4. The first-order chi connectivity index (χ1) is 7.71. The van der Waals surface area contributed by atoms with Gasteiger partial charge in [-0.2, -0.15) is 0 Å². The van der Waals surface area contributed by atoms with Crippen LogP contribution in [0.3, 0.4) is 0 Å². The zero-order chi connectivity index (χ0) is 11.6. The van der Waals surface area contributed by atoms with Gasteiger partial charge in [0.1, 0.15) is 0 Å². The summed E-state index contributed by atoms with van der Waals surface area (Å²) in [6.45, 7) is 3.90. The summed E-state index contributed by atoms with van der Waals surface area (Å²) >= 11 is 0. The lowest BCUT2D eigenvalue weighted by molar-refractivity contribution is 0.0948. The third-order valence-electron chi connectivity index (χ3n) is 4.74. The highest BCUT2D eigenvalue weighted by molar-refractivity contribution is 4.99. The van der Waals surface area contributed by atoms with Crippen molar-refractivity contribution in [3.63, 3.8) is 0 Å². The average Bonchev–Trinajstić information content (AvgIpc) is 2.75. The third kappa shape index (κ3) is 2.27. The van der Waals surface area contributed by atoms with Gasteiger partial charge in [0.05, 0.1) is 6.61 Å². The molecule has 1 aliphatic heterocycles. The molecule has 1 heterocycles. The topological polar surface area (TPSA) is 35.5 Å². The van der Waals surface area contributed by atoms with E-state index in [0.29, 0.717) is 6.04 Å². The number of nitrogens with one attached hydrogen (secondary N) is 1. The van der Waals surface area contributed by atoms with Gasteiger partial charge >= 0.3 is 0 Å². The molecule has 0 aromatic heterocycles. The number of aliphatic hydroxyl groups excluding tert-OH is 1. The Morgan fingerprint density at radius 2 is 2.19 bits per heavy atom. The van der Waals surface area contributed by atoms with E-state index in [1.54, 1.807) is 0 Å². The van der Waals surface area contributed by atoms with Crippen LogP contribution in [0, 0.1) is 0 Å². The Balaban J connectivity index is 1.96. The number of likely N-dealkylation sites (tertiary alicyclic amines) is 1. The Morgan fingerprint density at radius 1 is 1.38 bits per heavy atom. The van der Waals surface area contributed by atoms with E-state index in [0.717, 1.165) is 18.9 Å². The lowest BCUT2D eigenvalue weighted by Crippen LogP contribution is -2.48. The molecule has 0 bridgehead atoms. The maximum Gasteiger partial charge on any atom is 0.0613 e. The van der Waals surface area contributed by atoms with E-state index in [9.17, 15) is 5.11 Å². The van der Waals surface area contributed by atoms with Crippen molar-refractivity contribution < 1.29 is 5.11 Å². The molecule has 3 unspecified atom stereocenters. The fourth-order valence-electron chi connectivity index (χ4n) is 3.49. The summed E-state index contributed by atoms with van der Waals surface area (Å²) in [7, 11) is 1.98. The zero-order valence-electron chi connectivity index (χ0n) is 10.7. The molecule has 1 saturated carbocycles. The fourth-order valence-corrected chi connectivity index (χ4v) is 3.49. The number of hydrogen-bond donors (Lipinski definition) is 2. The van der Waals surface area contributed by atoms with Crippen LogP contribution in [0.2, 0.25) is 0 Å². The SMILES string of the molecule is CNC1(CO)CCC(N2CCCCC2C)C1. The zero-order valence-corrected chi connectivity index (χ0v) is 10.7. The van der Waals surface area contributed by atoms with E-state index in [2.05, 4.69) is 17.1 Å². The van der Waals surface area contributed by atoms with Gasteiger partial charge in [0.15, 0.2) is 0 Å². The molecule has 2 rings (SSSR count). The van der Waals surface area contributed by atoms with Crippen LogP contribution in [-0.4, -0.2) is 47.8 Å². The van der Waals surface area contributed by atoms with Crippen LogP contribution >= 0.6 is 0 Å². The van der Waals surface area contributed by atoms with Crippen LogP contribution in [0.1, 0.15) is 45.4 Å². The van der Waals surface area contributed by atoms with Crippen LogP contribution < -0.4 is 5.32 Å². The molecule has 2 aliphatic rings. The third-order valence-corrected chi connectivity index (χ3v) is 4.74. The van der Waals surface area contributed by atoms with Crippen molar-refractivity contribution in [2.75, 3.05) is 20.2 Å². The summed E-state index contributed by atoms with van der Waals surface area (Å²) in [5, 5.41) is 12.9. The molecule has 2 fully saturated rings. The van der Waals surface area contributed by atoms with Crippen molar-refractivity contribution in [3.8, 4) is 0 Å². The lowest BCUT2D eigenvalue weighted by Gasteiger charge is -2.39. The molecule has 16 heavy (non-hydrogen) atoms. The van der Waals surface area contributed by atoms with E-state index in [1.165, 1.54) is 32.2 Å². The molecule has 94 valence electrons. The fraction of sp³-hybridized carbons (Fsp3) is 1.00. The summed E-state index contributed by atoms with van der Waals surface area (Å²) in [4.78, 5) is 2.68. The summed E-state index contributed by atoms with van der Waals surface area (Å²) in [5.74, 6) is 0. The molecule has 3 nitrogen and oxygen atoms in total. The number of piperidine rings is 1. The van der Waals surface area contributed by atoms with E-state index in [4.69, 9.17) is 0 Å². The van der Waals surface area contributed by atoms with Gasteiger partial charge < -0.3 is 10.4 Å². The van der Waals surface area contributed by atoms with Crippen LogP contribution in [0.4, 0.5) is 0 Å². The largest absolute Gasteiger partial charge is 0.394 e. The van der Waals surface area contributed by atoms with Crippen LogP contribution in [-0.2, 0) is 0 Å². The van der Waals surface area contributed by atoms with Gasteiger partial charge in [-0.1, -0.05) is 6.42 Å². The number of rotatable bonds is 3. The highest BCUT2D eigenvalue weighted by atomic mass is 16.3. The Hall–Kier alpha value is -0.120. The Bertz CT molecular complexity index is 228. The van der Waals surface area contributed by atoms with Gasteiger partial charge in [0, 0.05) is 17.6 Å². The van der Waals surface area contributed by atoms with Crippen molar-refractivity contribution in [3.05, 3.63) is 0 Å². The summed E-state index contributed by atoms with van der Waals surface area (Å²) < 4.78 is 0. The Labute approximate surface area is 99.2 Å². The van der Waals surface area contributed by atoms with Gasteiger partial charge in [0.2, 0.25) is 0 Å². The van der Waals surface area contributed by atoms with Gasteiger partial charge in [-0.25, -0.2) is 0 Å². The van der Waals surface area contributed by atoms with Crippen LogP contribution in [0.15, 0.2) is 0 Å². The highest BCUT2D eigenvalue weighted by Crippen LogP contribution is 2.35. The quantitative estimate of drug-likeness (QED) is 0.763. The molecular formula is C13H26N2O. The smallest absolute Gasteiger partial charge is 0.0613 e. The minimum atomic E-state index is 0.00182. The van der Waals surface area contributed by atoms with Crippen molar-refractivity contribution in [1.29, 1.82) is 0 Å². The van der Waals surface area contributed by atoms with E-state index in [-0.39, 0.29) is 12.1 Å². The highest BCUT2D eigenvalue weighted by Gasteiger charge is 2.41. The van der Waals surface area contributed by atoms with Crippen molar-refractivity contribution >= 4 is 0 Å². The molecular weight excluding hydrogens is 200 g/mol. The second-order valence-corrected chi connectivity index (χ2v) is 5.67. The van der Waals surface area contributed by atoms with Crippen LogP contribution in [0.5, 0.6) is 0 Å². The van der Waals surface area contributed by atoms with Gasteiger partial charge in [-0.05, 0) is 52.6 Å². The van der Waals surface area contributed by atoms with Crippen LogP contribution in [0.25, 0.3) is 0 Å². The number of hydrogen-bond acceptors (Lipinski definition) is 3. The number of aliphatic hydroxyl groups is 1. The molecule has 1 aliphatic carbocycles. The molecule has 0 radical (unpaired) electrons. The van der Waals surface area contributed by atoms with Gasteiger partial charge in [-0.3, -0.25) is 4.90 Å². The maximum absolute atomic E-state index is 9.52. The summed E-state index contributed by atoms with van der Waals surface area (Å²) in [5.41, 5.74) is 0.00182. The van der Waals surface area contributed by atoms with Gasteiger partial charge in [0.25, 0.3) is 0 Å². The average molecular weight is 226 g/mol. The van der Waals surface area contributed by atoms with Crippen molar-refractivity contribution in [1.82, 2.24) is 10.2 Å². The molecule has 0 spiro atoms. The second-order valence-electron chi connectivity index (χ2n) is 5.67. The molecule has 0 amide bonds. The molecule has 3 atom stereocenters. The van der Waals surface area contributed by atoms with E-state index >= 15 is 0 Å². The van der Waals surface area contributed by atoms with Gasteiger partial charge in [-0.15, -0.1) is 0 Å². The second kappa shape index (κ2) is 5.03. The van der Waals surface area contributed by atoms with Crippen molar-refractivity contribution in [2.45, 2.75) is 63.1 Å². The van der Waals surface area contributed by atoms with E-state index in [1.807, 2.05) is 7.05 Å². The summed E-state index contributed by atoms with van der Waals surface area (Å²) in [6, 6.07) is 1.43. The summed E-state index contributed by atoms with van der Waals surface area (Å²) in [6.07, 6.45) is 7.57. The number of nitrogens with zero attached hydrogens (tertiary/aromatic N) is 1. The lowest BCUT2D eigenvalue weighted by atomic mass is 9.97. The van der Waals surface area contributed by atoms with E-state index < -0.39 is 0 Å². The molecule has 3 heteroatoms. The van der Waals surface area contributed by atoms with Crippen molar-refractivity contribution in [2.24, 2.45) is 0 Å². The predicted molar refractivity (Wildman–Crippen MR) is 66.5 cm³/mol. The molecule has 1 saturated heterocycles. The predicted octanol–water partition coefficient (Wildman–Crippen LogP) is 1.36. The first-order valence-corrected chi connectivity index (χ1v) is 6.76. The number of likely N-dealkylation sites (N-methyl/N-ethyl adjacent to an activating group) is 1. The molecule has 2 N–H and O–H groups in total. The Morgan fingerprint density at radius 3 is 2.75 bits per heavy atom. The molecule has 0 aromatic rings. The first kappa shape index (κ1) is 12.3. The Kier molecular flexibility index (Phi) is 3.88. The minimum absolute atomic E-state index is 0.00182. The monoisotopic (exact) mass is 226 g/mol. The minimum Gasteiger partial charge on any atom is -0.394 e. The maximum atomic E-state index is 9.52.